The van der Waals surface area contributed by atoms with E-state index >= 15 is 0 Å². The first kappa shape index (κ1) is 19.4. The van der Waals surface area contributed by atoms with Crippen molar-refractivity contribution in [3.05, 3.63) is 60.1 Å². The maximum atomic E-state index is 14.4. The number of imidazole rings is 1. The van der Waals surface area contributed by atoms with Crippen LogP contribution in [0.15, 0.2) is 43.0 Å². The van der Waals surface area contributed by atoms with Crippen LogP contribution >= 0.6 is 0 Å². The molecular formula is C22H21FN6O2. The lowest BCUT2D eigenvalue weighted by Crippen LogP contribution is -2.24. The minimum Gasteiger partial charge on any atom is -0.486 e. The van der Waals surface area contributed by atoms with Crippen LogP contribution in [0.5, 0.6) is 5.75 Å². The van der Waals surface area contributed by atoms with Gasteiger partial charge < -0.3 is 19.8 Å². The smallest absolute Gasteiger partial charge is 0.257 e. The van der Waals surface area contributed by atoms with Crippen LogP contribution in [0.3, 0.4) is 0 Å². The van der Waals surface area contributed by atoms with E-state index < -0.39 is 11.7 Å². The summed E-state index contributed by atoms with van der Waals surface area (Å²) >= 11 is 0. The van der Waals surface area contributed by atoms with Crippen LogP contribution in [0.1, 0.15) is 23.0 Å². The molecule has 1 saturated heterocycles. The molecule has 158 valence electrons. The zero-order chi connectivity index (χ0) is 21.5. The molecule has 8 nitrogen and oxygen atoms in total. The lowest BCUT2D eigenvalue weighted by atomic mass is 10.1. The van der Waals surface area contributed by atoms with E-state index in [-0.39, 0.29) is 11.8 Å². The highest BCUT2D eigenvalue weighted by Crippen LogP contribution is 2.28. The Morgan fingerprint density at radius 3 is 2.81 bits per heavy atom. The highest BCUT2D eigenvalue weighted by Gasteiger charge is 2.26. The molecule has 1 aromatic carbocycles. The standard InChI is InChI=1S/C22H21FN6O2/c1-12-8-24-9-18(12)31-17-4-3-15(19-20(17)26-6-5-25-19)22(30)28-14-7-16(23)21-27-13(2)10-29(21)11-14/h3-7,10-12,18,24H,8-9H2,1-2H3,(H,28,30)/t12-,18-/m0/s1. The summed E-state index contributed by atoms with van der Waals surface area (Å²) in [5, 5.41) is 6.05. The average Bonchev–Trinajstić information content (AvgIpc) is 3.33. The fraction of sp³-hybridized carbons (Fsp3) is 0.273. The summed E-state index contributed by atoms with van der Waals surface area (Å²) in [4.78, 5) is 25.9. The zero-order valence-electron chi connectivity index (χ0n) is 17.1. The molecule has 0 aliphatic carbocycles. The lowest BCUT2D eigenvalue weighted by Gasteiger charge is -2.18. The number of rotatable bonds is 4. The molecule has 9 heteroatoms. The molecule has 3 aromatic heterocycles. The van der Waals surface area contributed by atoms with Gasteiger partial charge in [-0.25, -0.2) is 14.4 Å². The number of amides is 1. The second-order valence-corrected chi connectivity index (χ2v) is 7.80. The SMILES string of the molecule is Cc1cn2cc(NC(=O)c3ccc(O[C@H]4CNC[C@@H]4C)c4nccnc34)cc(F)c2n1. The summed E-state index contributed by atoms with van der Waals surface area (Å²) in [6.07, 6.45) is 6.44. The van der Waals surface area contributed by atoms with Crippen LogP contribution < -0.4 is 15.4 Å². The van der Waals surface area contributed by atoms with Crippen molar-refractivity contribution in [3.8, 4) is 5.75 Å². The molecule has 1 aliphatic heterocycles. The van der Waals surface area contributed by atoms with Crippen molar-refractivity contribution in [2.24, 2.45) is 5.92 Å². The summed E-state index contributed by atoms with van der Waals surface area (Å²) < 4.78 is 22.1. The minimum absolute atomic E-state index is 0.0261. The number of halogens is 1. The Hall–Kier alpha value is -3.59. The van der Waals surface area contributed by atoms with Crippen molar-refractivity contribution >= 4 is 28.3 Å². The van der Waals surface area contributed by atoms with E-state index in [0.29, 0.717) is 39.6 Å². The highest BCUT2D eigenvalue weighted by atomic mass is 19.1. The molecule has 2 N–H and O–H groups in total. The van der Waals surface area contributed by atoms with Crippen molar-refractivity contribution < 1.29 is 13.9 Å². The molecule has 5 rings (SSSR count). The van der Waals surface area contributed by atoms with E-state index in [1.807, 2.05) is 0 Å². The van der Waals surface area contributed by atoms with Gasteiger partial charge in [-0.15, -0.1) is 0 Å². The van der Waals surface area contributed by atoms with Crippen molar-refractivity contribution in [2.45, 2.75) is 20.0 Å². The molecule has 0 unspecified atom stereocenters. The second-order valence-electron chi connectivity index (χ2n) is 7.80. The Bertz CT molecular complexity index is 1300. The Balaban J connectivity index is 1.47. The number of benzene rings is 1. The van der Waals surface area contributed by atoms with Crippen molar-refractivity contribution in [3.63, 3.8) is 0 Å². The van der Waals surface area contributed by atoms with Crippen LogP contribution in [0.25, 0.3) is 16.7 Å². The lowest BCUT2D eigenvalue weighted by molar-refractivity contribution is 0.102. The number of carbonyl (C=O) groups excluding carboxylic acids is 1. The minimum atomic E-state index is -0.515. The van der Waals surface area contributed by atoms with Gasteiger partial charge in [-0.1, -0.05) is 6.92 Å². The van der Waals surface area contributed by atoms with Crippen LogP contribution in [0.4, 0.5) is 10.1 Å². The molecule has 31 heavy (non-hydrogen) atoms. The fourth-order valence-corrected chi connectivity index (χ4v) is 3.86. The molecule has 4 heterocycles. The summed E-state index contributed by atoms with van der Waals surface area (Å²) in [5.41, 5.74) is 2.48. The molecule has 1 amide bonds. The number of carbonyl (C=O) groups is 1. The second kappa shape index (κ2) is 7.59. The van der Waals surface area contributed by atoms with E-state index in [4.69, 9.17) is 4.74 Å². The monoisotopic (exact) mass is 420 g/mol. The Morgan fingerprint density at radius 1 is 1.23 bits per heavy atom. The van der Waals surface area contributed by atoms with E-state index in [1.54, 1.807) is 42.0 Å². The molecule has 4 aromatic rings. The van der Waals surface area contributed by atoms with Gasteiger partial charge in [0.1, 0.15) is 22.9 Å². The number of aromatic nitrogens is 4. The molecule has 0 saturated carbocycles. The number of ether oxygens (including phenoxy) is 1. The maximum Gasteiger partial charge on any atom is 0.257 e. The van der Waals surface area contributed by atoms with E-state index in [9.17, 15) is 9.18 Å². The first-order chi connectivity index (χ1) is 15.0. The summed E-state index contributed by atoms with van der Waals surface area (Å²) in [5.74, 6) is 0.0232. The topological polar surface area (TPSA) is 93.4 Å². The van der Waals surface area contributed by atoms with Gasteiger partial charge >= 0.3 is 0 Å². The Labute approximate surface area is 177 Å². The molecule has 0 bridgehead atoms. The number of aryl methyl sites for hydroxylation is 1. The first-order valence-electron chi connectivity index (χ1n) is 10.1. The summed E-state index contributed by atoms with van der Waals surface area (Å²) in [7, 11) is 0. The molecule has 0 radical (unpaired) electrons. The van der Waals surface area contributed by atoms with Gasteiger partial charge in [0, 0.05) is 49.9 Å². The van der Waals surface area contributed by atoms with E-state index in [0.717, 1.165) is 13.1 Å². The van der Waals surface area contributed by atoms with Crippen LogP contribution in [0, 0.1) is 18.7 Å². The predicted octanol–water partition coefficient (Wildman–Crippen LogP) is 2.96. The van der Waals surface area contributed by atoms with Crippen molar-refractivity contribution in [1.82, 2.24) is 24.7 Å². The molecular weight excluding hydrogens is 399 g/mol. The van der Waals surface area contributed by atoms with Gasteiger partial charge in [-0.2, -0.15) is 0 Å². The highest BCUT2D eigenvalue weighted by molar-refractivity contribution is 6.12. The van der Waals surface area contributed by atoms with Crippen LogP contribution in [-0.2, 0) is 0 Å². The first-order valence-corrected chi connectivity index (χ1v) is 10.1. The predicted molar refractivity (Wildman–Crippen MR) is 114 cm³/mol. The van der Waals surface area contributed by atoms with Gasteiger partial charge in [0.25, 0.3) is 5.91 Å². The molecule has 1 fully saturated rings. The van der Waals surface area contributed by atoms with Crippen molar-refractivity contribution in [2.75, 3.05) is 18.4 Å². The summed E-state index contributed by atoms with van der Waals surface area (Å²) in [6, 6.07) is 4.64. The number of pyridine rings is 1. The van der Waals surface area contributed by atoms with Gasteiger partial charge in [-0.3, -0.25) is 9.78 Å². The average molecular weight is 420 g/mol. The Morgan fingerprint density at radius 2 is 2.03 bits per heavy atom. The van der Waals surface area contributed by atoms with E-state index in [1.165, 1.54) is 12.3 Å². The van der Waals surface area contributed by atoms with Gasteiger partial charge in [0.2, 0.25) is 0 Å². The van der Waals surface area contributed by atoms with Gasteiger partial charge in [0.15, 0.2) is 11.5 Å². The third-order valence-electron chi connectivity index (χ3n) is 5.44. The number of nitrogens with one attached hydrogen (secondary N) is 2. The summed E-state index contributed by atoms with van der Waals surface area (Å²) in [6.45, 7) is 5.55. The number of hydrogen-bond acceptors (Lipinski definition) is 6. The van der Waals surface area contributed by atoms with Crippen LogP contribution in [0.2, 0.25) is 0 Å². The molecule has 0 spiro atoms. The maximum absolute atomic E-state index is 14.4. The largest absolute Gasteiger partial charge is 0.486 e. The third-order valence-corrected chi connectivity index (χ3v) is 5.44. The van der Waals surface area contributed by atoms with E-state index in [2.05, 4.69) is 32.5 Å². The third kappa shape index (κ3) is 3.57. The fourth-order valence-electron chi connectivity index (χ4n) is 3.86. The quantitative estimate of drug-likeness (QED) is 0.527. The zero-order valence-corrected chi connectivity index (χ0v) is 17.1. The van der Waals surface area contributed by atoms with Gasteiger partial charge in [0.05, 0.1) is 16.9 Å². The normalized spacial score (nSPS) is 18.5. The molecule has 1 aliphatic rings. The number of anilines is 1. The number of hydrogen-bond donors (Lipinski definition) is 2. The number of fused-ring (bicyclic) bond motifs is 2. The Kier molecular flexibility index (Phi) is 4.74. The van der Waals surface area contributed by atoms with Crippen LogP contribution in [-0.4, -0.2) is 44.5 Å². The molecule has 2 atom stereocenters. The number of nitrogens with zero attached hydrogens (tertiary/aromatic N) is 4. The van der Waals surface area contributed by atoms with Crippen molar-refractivity contribution in [1.29, 1.82) is 0 Å². The van der Waals surface area contributed by atoms with Gasteiger partial charge in [-0.05, 0) is 19.1 Å².